The Morgan fingerprint density at radius 2 is 1.80 bits per heavy atom. The second-order valence-electron chi connectivity index (χ2n) is 9.55. The zero-order chi connectivity index (χ0) is 16.8. The van der Waals surface area contributed by atoms with E-state index in [-0.39, 0.29) is 5.92 Å². The summed E-state index contributed by atoms with van der Waals surface area (Å²) in [7, 11) is 0. The van der Waals surface area contributed by atoms with Crippen molar-refractivity contribution in [2.45, 2.75) is 62.6 Å². The minimum atomic E-state index is -0.908. The molecule has 1 aliphatic heterocycles. The lowest BCUT2D eigenvalue weighted by atomic mass is 9.52. The highest BCUT2D eigenvalue weighted by Gasteiger charge is 2.59. The molecule has 1 heterocycles. The molecule has 4 bridgehead atoms. The summed E-state index contributed by atoms with van der Waals surface area (Å²) < 4.78 is 15.0. The number of carbonyl (C=O) groups excluding carboxylic acids is 1. The van der Waals surface area contributed by atoms with Crippen LogP contribution in [0.3, 0.4) is 0 Å². The number of hydrogen-bond acceptors (Lipinski definition) is 1. The van der Waals surface area contributed by atoms with Gasteiger partial charge in [-0.05, 0) is 73.8 Å². The van der Waals surface area contributed by atoms with Crippen molar-refractivity contribution in [3.8, 4) is 0 Å². The summed E-state index contributed by atoms with van der Waals surface area (Å²) in [6, 6.07) is 9.02. The van der Waals surface area contributed by atoms with E-state index in [1.54, 1.807) is 0 Å². The zero-order valence-corrected chi connectivity index (χ0v) is 14.7. The molecule has 6 aliphatic rings. The number of carbonyl (C=O) groups is 1. The Balaban J connectivity index is 1.33. The lowest BCUT2D eigenvalue weighted by Crippen LogP contribution is -2.60. The molecule has 1 saturated heterocycles. The Hall–Kier alpha value is -1.38. The van der Waals surface area contributed by atoms with Crippen LogP contribution in [0.15, 0.2) is 24.3 Å². The molecule has 1 amide bonds. The van der Waals surface area contributed by atoms with Crippen molar-refractivity contribution in [1.82, 2.24) is 4.90 Å². The monoisotopic (exact) mass is 339 g/mol. The first-order chi connectivity index (χ1) is 12.1. The quantitative estimate of drug-likeness (QED) is 0.754. The number of aryl methyl sites for hydroxylation is 1. The van der Waals surface area contributed by atoms with Gasteiger partial charge in [-0.25, -0.2) is 4.39 Å². The molecule has 0 radical (unpaired) electrons. The van der Waals surface area contributed by atoms with E-state index in [4.69, 9.17) is 0 Å². The van der Waals surface area contributed by atoms with Crippen LogP contribution in [-0.4, -0.2) is 29.1 Å². The first-order valence-electron chi connectivity index (χ1n) is 10.2. The molecular formula is C22H26FNO. The predicted octanol–water partition coefficient (Wildman–Crippen LogP) is 4.09. The number of halogens is 1. The number of benzene rings is 1. The Kier molecular flexibility index (Phi) is 2.87. The van der Waals surface area contributed by atoms with Gasteiger partial charge in [0.05, 0.1) is 0 Å². The summed E-state index contributed by atoms with van der Waals surface area (Å²) >= 11 is 0. The summed E-state index contributed by atoms with van der Waals surface area (Å²) in [6.45, 7) is 0.877. The lowest BCUT2D eigenvalue weighted by Gasteiger charge is -2.58. The fourth-order valence-corrected chi connectivity index (χ4v) is 7.56. The lowest BCUT2D eigenvalue weighted by molar-refractivity contribution is -0.151. The standard InChI is InChI=1S/C22H26FNO/c23-22-9-13-7-15(10-22)20(16(8-13)11-22)24-12-19-17-4-2-1-3-14(17)5-6-18(19)21(24)25/h1-4,13,15-16,18-20H,5-12H2/t13?,15-,16+,18-,19-,20+,22+/m1/s1. The van der Waals surface area contributed by atoms with Crippen molar-refractivity contribution >= 4 is 5.91 Å². The molecule has 132 valence electrons. The summed E-state index contributed by atoms with van der Waals surface area (Å²) in [6.07, 6.45) is 6.55. The summed E-state index contributed by atoms with van der Waals surface area (Å²) in [5.74, 6) is 2.33. The number of fused-ring (bicyclic) bond motifs is 3. The Morgan fingerprint density at radius 3 is 2.56 bits per heavy atom. The van der Waals surface area contributed by atoms with Crippen LogP contribution in [0.25, 0.3) is 0 Å². The molecule has 2 nitrogen and oxygen atoms in total. The molecule has 25 heavy (non-hydrogen) atoms. The number of nitrogens with zero attached hydrogens (tertiary/aromatic N) is 1. The molecule has 1 unspecified atom stereocenters. The van der Waals surface area contributed by atoms with Crippen LogP contribution in [0.5, 0.6) is 0 Å². The highest BCUT2D eigenvalue weighted by Crippen LogP contribution is 2.59. The van der Waals surface area contributed by atoms with Gasteiger partial charge in [0.25, 0.3) is 0 Å². The topological polar surface area (TPSA) is 20.3 Å². The van der Waals surface area contributed by atoms with E-state index in [1.165, 1.54) is 11.1 Å². The van der Waals surface area contributed by atoms with E-state index in [9.17, 15) is 4.79 Å². The summed E-state index contributed by atoms with van der Waals surface area (Å²) in [5.41, 5.74) is 1.93. The third-order valence-corrected chi connectivity index (χ3v) is 8.17. The van der Waals surface area contributed by atoms with Crippen LogP contribution in [-0.2, 0) is 11.2 Å². The van der Waals surface area contributed by atoms with Crippen LogP contribution < -0.4 is 0 Å². The molecule has 5 fully saturated rings. The van der Waals surface area contributed by atoms with Gasteiger partial charge >= 0.3 is 0 Å². The van der Waals surface area contributed by atoms with Gasteiger partial charge in [0.2, 0.25) is 5.91 Å². The number of rotatable bonds is 1. The number of hydrogen-bond donors (Lipinski definition) is 0. The summed E-state index contributed by atoms with van der Waals surface area (Å²) in [4.78, 5) is 15.5. The smallest absolute Gasteiger partial charge is 0.226 e. The van der Waals surface area contributed by atoms with Crippen LogP contribution in [0.1, 0.15) is 55.6 Å². The SMILES string of the molecule is O=C1[C@@H]2CCc3ccccc3[C@H]2CN1[C@H]1[C@@H]2CC3C[C@H]1C[C@](F)(C3)C2. The fourth-order valence-electron chi connectivity index (χ4n) is 7.56. The van der Waals surface area contributed by atoms with Gasteiger partial charge in [-0.2, -0.15) is 0 Å². The van der Waals surface area contributed by atoms with Gasteiger partial charge in [-0.3, -0.25) is 4.79 Å². The average molecular weight is 339 g/mol. The van der Waals surface area contributed by atoms with Gasteiger partial charge in [-0.1, -0.05) is 24.3 Å². The first kappa shape index (κ1) is 14.8. The minimum absolute atomic E-state index is 0.173. The van der Waals surface area contributed by atoms with E-state index in [1.807, 2.05) is 0 Å². The molecule has 0 spiro atoms. The molecule has 1 aromatic carbocycles. The average Bonchev–Trinajstić information content (AvgIpc) is 2.90. The highest BCUT2D eigenvalue weighted by atomic mass is 19.1. The minimum Gasteiger partial charge on any atom is -0.338 e. The number of alkyl halides is 1. The van der Waals surface area contributed by atoms with E-state index < -0.39 is 5.67 Å². The molecular weight excluding hydrogens is 313 g/mol. The third-order valence-electron chi connectivity index (χ3n) is 8.17. The van der Waals surface area contributed by atoms with Gasteiger partial charge in [0.1, 0.15) is 5.67 Å². The van der Waals surface area contributed by atoms with Crippen molar-refractivity contribution in [1.29, 1.82) is 0 Å². The Labute approximate surface area is 148 Å². The van der Waals surface area contributed by atoms with E-state index in [0.29, 0.717) is 48.5 Å². The van der Waals surface area contributed by atoms with Crippen molar-refractivity contribution in [2.75, 3.05) is 6.54 Å². The summed E-state index contributed by atoms with van der Waals surface area (Å²) in [5, 5.41) is 0. The van der Waals surface area contributed by atoms with Crippen molar-refractivity contribution in [3.05, 3.63) is 35.4 Å². The molecule has 3 heteroatoms. The maximum atomic E-state index is 15.0. The van der Waals surface area contributed by atoms with Gasteiger partial charge < -0.3 is 4.90 Å². The van der Waals surface area contributed by atoms with Gasteiger partial charge in [-0.15, -0.1) is 0 Å². The van der Waals surface area contributed by atoms with Gasteiger partial charge in [0, 0.05) is 24.4 Å². The van der Waals surface area contributed by atoms with Crippen molar-refractivity contribution in [3.63, 3.8) is 0 Å². The maximum Gasteiger partial charge on any atom is 0.226 e. The molecule has 1 aromatic rings. The molecule has 4 saturated carbocycles. The van der Waals surface area contributed by atoms with E-state index in [2.05, 4.69) is 29.2 Å². The zero-order valence-electron chi connectivity index (χ0n) is 14.7. The van der Waals surface area contributed by atoms with Crippen LogP contribution >= 0.6 is 0 Å². The number of amides is 1. The van der Waals surface area contributed by atoms with Crippen molar-refractivity contribution < 1.29 is 9.18 Å². The van der Waals surface area contributed by atoms with E-state index >= 15 is 4.39 Å². The Morgan fingerprint density at radius 1 is 1.04 bits per heavy atom. The fraction of sp³-hybridized carbons (Fsp3) is 0.682. The molecule has 7 atom stereocenters. The Bertz CT molecular complexity index is 729. The third kappa shape index (κ3) is 1.98. The molecule has 5 aliphatic carbocycles. The van der Waals surface area contributed by atoms with E-state index in [0.717, 1.165) is 38.6 Å². The molecule has 0 aromatic heterocycles. The second-order valence-corrected chi connectivity index (χ2v) is 9.55. The van der Waals surface area contributed by atoms with Crippen LogP contribution in [0.2, 0.25) is 0 Å². The van der Waals surface area contributed by atoms with Gasteiger partial charge in [0.15, 0.2) is 0 Å². The highest BCUT2D eigenvalue weighted by molar-refractivity contribution is 5.83. The normalized spacial score (nSPS) is 47.1. The molecule has 0 N–H and O–H groups in total. The maximum absolute atomic E-state index is 15.0. The second kappa shape index (κ2) is 4.86. The largest absolute Gasteiger partial charge is 0.338 e. The first-order valence-corrected chi connectivity index (χ1v) is 10.2. The number of likely N-dealkylation sites (tertiary alicyclic amines) is 1. The van der Waals surface area contributed by atoms with Crippen LogP contribution in [0, 0.1) is 23.7 Å². The predicted molar refractivity (Wildman–Crippen MR) is 93.9 cm³/mol. The van der Waals surface area contributed by atoms with Crippen LogP contribution in [0.4, 0.5) is 4.39 Å². The molecule has 7 rings (SSSR count). The van der Waals surface area contributed by atoms with Crippen molar-refractivity contribution in [2.24, 2.45) is 23.7 Å².